The van der Waals surface area contributed by atoms with Crippen LogP contribution in [0.15, 0.2) is 55.5 Å². The molecule has 0 aliphatic heterocycles. The average molecular weight is 604 g/mol. The minimum atomic E-state index is -0.787. The summed E-state index contributed by atoms with van der Waals surface area (Å²) in [6.45, 7) is 6.50. The molecular weight excluding hydrogens is 579 g/mol. The predicted molar refractivity (Wildman–Crippen MR) is 152 cm³/mol. The Morgan fingerprint density at radius 2 is 1.73 bits per heavy atom. The van der Waals surface area contributed by atoms with E-state index in [4.69, 9.17) is 23.4 Å². The predicted octanol–water partition coefficient (Wildman–Crippen LogP) is 5.51. The number of esters is 1. The van der Waals surface area contributed by atoms with E-state index < -0.39 is 11.4 Å². The Hall–Kier alpha value is -3.88. The zero-order valence-corrected chi connectivity index (χ0v) is 24.2. The molecule has 0 aliphatic rings. The van der Waals surface area contributed by atoms with Crippen LogP contribution in [0.4, 0.5) is 5.13 Å². The number of aromatic nitrogens is 2. The van der Waals surface area contributed by atoms with E-state index in [1.54, 1.807) is 26.0 Å². The van der Waals surface area contributed by atoms with Crippen LogP contribution in [-0.2, 0) is 5.75 Å². The number of rotatable bonds is 13. The van der Waals surface area contributed by atoms with Crippen molar-refractivity contribution >= 4 is 51.4 Å². The van der Waals surface area contributed by atoms with Crippen LogP contribution in [0.25, 0.3) is 0 Å². The highest BCUT2D eigenvalue weighted by Gasteiger charge is 2.21. The summed E-state index contributed by atoms with van der Waals surface area (Å²) in [5, 5.41) is 12.9. The number of hydrogen-bond donors (Lipinski definition) is 1. The number of nitrogens with one attached hydrogen (secondary N) is 1. The monoisotopic (exact) mass is 603 g/mol. The Kier molecular flexibility index (Phi) is 10.2. The summed E-state index contributed by atoms with van der Waals surface area (Å²) in [5.74, 6) is 0.339. The van der Waals surface area contributed by atoms with Crippen molar-refractivity contribution in [1.29, 1.82) is 0 Å². The first-order valence-corrected chi connectivity index (χ1v) is 14.8. The van der Waals surface area contributed by atoms with E-state index >= 15 is 0 Å². The molecule has 3 aromatic heterocycles. The Morgan fingerprint density at radius 3 is 2.35 bits per heavy atom. The van der Waals surface area contributed by atoms with Crippen LogP contribution in [0.5, 0.6) is 23.0 Å². The van der Waals surface area contributed by atoms with Gasteiger partial charge in [0.2, 0.25) is 22.1 Å². The highest BCUT2D eigenvalue weighted by molar-refractivity contribution is 8.00. The third-order valence-corrected chi connectivity index (χ3v) is 7.77. The molecule has 0 bridgehead atoms. The fourth-order valence-corrected chi connectivity index (χ4v) is 5.53. The van der Waals surface area contributed by atoms with Crippen molar-refractivity contribution in [2.24, 2.45) is 0 Å². The van der Waals surface area contributed by atoms with Gasteiger partial charge in [0.25, 0.3) is 5.91 Å². The van der Waals surface area contributed by atoms with Crippen molar-refractivity contribution in [3.05, 3.63) is 68.4 Å². The number of carbonyl (C=O) groups excluding carboxylic acids is 2. The molecule has 3 heterocycles. The lowest BCUT2D eigenvalue weighted by Crippen LogP contribution is -2.15. The lowest BCUT2D eigenvalue weighted by Gasteiger charge is -2.16. The van der Waals surface area contributed by atoms with E-state index in [0.717, 1.165) is 6.26 Å². The number of anilines is 1. The van der Waals surface area contributed by atoms with E-state index in [1.165, 1.54) is 52.6 Å². The summed E-state index contributed by atoms with van der Waals surface area (Å²) in [7, 11) is 0. The van der Waals surface area contributed by atoms with Gasteiger partial charge in [0, 0.05) is 6.07 Å². The molecule has 210 valence electrons. The Labute approximate surface area is 241 Å². The number of nitrogens with zero attached hydrogens (tertiary/aromatic N) is 2. The van der Waals surface area contributed by atoms with Gasteiger partial charge in [-0.2, -0.15) is 0 Å². The van der Waals surface area contributed by atoms with Crippen LogP contribution in [0.2, 0.25) is 0 Å². The van der Waals surface area contributed by atoms with Crippen LogP contribution in [0, 0.1) is 0 Å². The van der Waals surface area contributed by atoms with Gasteiger partial charge in [-0.3, -0.25) is 14.9 Å². The van der Waals surface area contributed by atoms with Gasteiger partial charge in [-0.05, 0) is 44.4 Å². The van der Waals surface area contributed by atoms with Crippen molar-refractivity contribution in [3.8, 4) is 23.0 Å². The topological polar surface area (TPSA) is 139 Å². The maximum atomic E-state index is 12.9. The number of ether oxygens (including phenoxy) is 4. The number of hydrogen-bond acceptors (Lipinski definition) is 13. The lowest BCUT2D eigenvalue weighted by molar-refractivity contribution is 0.0727. The van der Waals surface area contributed by atoms with Gasteiger partial charge in [-0.25, -0.2) is 4.79 Å². The second-order valence-electron chi connectivity index (χ2n) is 7.66. The molecule has 40 heavy (non-hydrogen) atoms. The SMILES string of the molecule is CCOc1cc(C(=O)Oc2coc(CSc3nnc(NC(=O)c4cccs4)s3)cc2=O)cc(OCC)c1OCC. The van der Waals surface area contributed by atoms with Crippen molar-refractivity contribution in [2.75, 3.05) is 25.1 Å². The van der Waals surface area contributed by atoms with Gasteiger partial charge in [0.1, 0.15) is 12.0 Å². The molecule has 1 aromatic carbocycles. The molecule has 1 amide bonds. The van der Waals surface area contributed by atoms with Crippen LogP contribution in [-0.4, -0.2) is 41.9 Å². The van der Waals surface area contributed by atoms with Gasteiger partial charge in [-0.15, -0.1) is 21.5 Å². The highest BCUT2D eigenvalue weighted by Crippen LogP contribution is 2.39. The molecule has 0 unspecified atom stereocenters. The number of thioether (sulfide) groups is 1. The third kappa shape index (κ3) is 7.40. The molecule has 0 aliphatic carbocycles. The van der Waals surface area contributed by atoms with E-state index in [9.17, 15) is 14.4 Å². The minimum Gasteiger partial charge on any atom is -0.490 e. The molecule has 4 aromatic rings. The molecule has 0 radical (unpaired) electrons. The fraction of sp³-hybridized carbons (Fsp3) is 0.269. The van der Waals surface area contributed by atoms with Gasteiger partial charge >= 0.3 is 5.97 Å². The summed E-state index contributed by atoms with van der Waals surface area (Å²) in [6.07, 6.45) is 1.09. The van der Waals surface area contributed by atoms with Crippen LogP contribution < -0.4 is 29.7 Å². The number of thiophene rings is 1. The quantitative estimate of drug-likeness (QED) is 0.117. The highest BCUT2D eigenvalue weighted by atomic mass is 32.2. The van der Waals surface area contributed by atoms with Crippen LogP contribution in [0.3, 0.4) is 0 Å². The van der Waals surface area contributed by atoms with E-state index in [2.05, 4.69) is 15.5 Å². The van der Waals surface area contributed by atoms with Crippen LogP contribution in [0.1, 0.15) is 46.6 Å². The molecule has 0 atom stereocenters. The molecule has 4 rings (SSSR count). The molecule has 0 saturated heterocycles. The summed E-state index contributed by atoms with van der Waals surface area (Å²) in [5.41, 5.74) is -0.412. The number of benzene rings is 1. The Balaban J connectivity index is 1.40. The van der Waals surface area contributed by atoms with Gasteiger partial charge < -0.3 is 23.4 Å². The molecule has 14 heteroatoms. The molecule has 0 spiro atoms. The van der Waals surface area contributed by atoms with Crippen molar-refractivity contribution in [2.45, 2.75) is 30.9 Å². The van der Waals surface area contributed by atoms with E-state index in [0.29, 0.717) is 57.2 Å². The van der Waals surface area contributed by atoms with Crippen LogP contribution >= 0.6 is 34.4 Å². The molecule has 11 nitrogen and oxygen atoms in total. The summed E-state index contributed by atoms with van der Waals surface area (Å²) < 4.78 is 28.3. The smallest absolute Gasteiger partial charge is 0.344 e. The first-order valence-electron chi connectivity index (χ1n) is 12.1. The minimum absolute atomic E-state index is 0.118. The Morgan fingerprint density at radius 1 is 1.00 bits per heavy atom. The Bertz CT molecular complexity index is 1490. The standard InChI is InChI=1S/C26H25N3O8S3/c1-4-33-18-10-15(11-19(34-5-2)22(18)35-6-3)24(32)37-20-13-36-16(12-17(20)30)14-39-26-29-28-25(40-26)27-23(31)21-8-7-9-38-21/h7-13H,4-6,14H2,1-3H3,(H,27,28,31). The second-order valence-corrected chi connectivity index (χ2v) is 10.8. The summed E-state index contributed by atoms with van der Waals surface area (Å²) in [6, 6.07) is 7.70. The maximum absolute atomic E-state index is 12.9. The van der Waals surface area contributed by atoms with Crippen molar-refractivity contribution in [1.82, 2.24) is 10.2 Å². The van der Waals surface area contributed by atoms with Gasteiger partial charge in [0.05, 0.1) is 36.0 Å². The first-order chi connectivity index (χ1) is 19.4. The molecular formula is C26H25N3O8S3. The lowest BCUT2D eigenvalue weighted by atomic mass is 10.2. The van der Waals surface area contributed by atoms with E-state index in [1.807, 2.05) is 12.3 Å². The summed E-state index contributed by atoms with van der Waals surface area (Å²) in [4.78, 5) is 38.3. The number of carbonyl (C=O) groups is 2. The molecule has 0 saturated carbocycles. The van der Waals surface area contributed by atoms with E-state index in [-0.39, 0.29) is 23.0 Å². The summed E-state index contributed by atoms with van der Waals surface area (Å²) >= 11 is 3.80. The maximum Gasteiger partial charge on any atom is 0.344 e. The van der Waals surface area contributed by atoms with Gasteiger partial charge in [-0.1, -0.05) is 29.2 Å². The van der Waals surface area contributed by atoms with Crippen molar-refractivity contribution in [3.63, 3.8) is 0 Å². The zero-order chi connectivity index (χ0) is 28.5. The average Bonchev–Trinajstić information content (AvgIpc) is 3.63. The normalized spacial score (nSPS) is 10.7. The zero-order valence-electron chi connectivity index (χ0n) is 21.8. The number of amides is 1. The van der Waals surface area contributed by atoms with Gasteiger partial charge in [0.15, 0.2) is 15.8 Å². The second kappa shape index (κ2) is 14.0. The molecule has 0 fully saturated rings. The third-order valence-electron chi connectivity index (χ3n) is 4.91. The largest absolute Gasteiger partial charge is 0.490 e. The fourth-order valence-electron chi connectivity index (χ4n) is 3.27. The first kappa shape index (κ1) is 29.1. The van der Waals surface area contributed by atoms with Crippen molar-refractivity contribution < 1.29 is 33.0 Å². The molecule has 1 N–H and O–H groups in total.